The third kappa shape index (κ3) is 6.15. The van der Waals surface area contributed by atoms with Crippen LogP contribution < -0.4 is 0 Å². The van der Waals surface area contributed by atoms with Crippen molar-refractivity contribution in [1.29, 1.82) is 5.41 Å². The normalized spacial score (nSPS) is 13.7. The van der Waals surface area contributed by atoms with Crippen LogP contribution in [0.15, 0.2) is 17.1 Å². The molecule has 0 aliphatic carbocycles. The van der Waals surface area contributed by atoms with Crippen LogP contribution in [0.4, 0.5) is 4.39 Å². The second kappa shape index (κ2) is 7.32. The second-order valence-electron chi connectivity index (χ2n) is 3.76. The number of hydrogen-bond acceptors (Lipinski definition) is 1. The Labute approximate surface area is 91.8 Å². The first-order chi connectivity index (χ1) is 7.01. The van der Waals surface area contributed by atoms with Gasteiger partial charge in [0.2, 0.25) is 0 Å². The van der Waals surface area contributed by atoms with Crippen LogP contribution in [0.25, 0.3) is 0 Å². The molecule has 0 rings (SSSR count). The number of hydrogen-bond donors (Lipinski definition) is 1. The highest BCUT2D eigenvalue weighted by atomic mass is 19.1. The predicted molar refractivity (Wildman–Crippen MR) is 64.7 cm³/mol. The fraction of sp³-hybridized carbons (Fsp3) is 0.667. The van der Waals surface area contributed by atoms with Gasteiger partial charge in [0.25, 0.3) is 0 Å². The Morgan fingerprint density at radius 1 is 1.47 bits per heavy atom. The van der Waals surface area contributed by atoms with Gasteiger partial charge in [-0.3, -0.25) is 5.41 Å². The second-order valence-corrected chi connectivity index (χ2v) is 3.76. The van der Waals surface area contributed by atoms with Gasteiger partial charge in [-0.25, -0.2) is 9.38 Å². The predicted octanol–water partition coefficient (Wildman–Crippen LogP) is 3.92. The van der Waals surface area contributed by atoms with Crippen LogP contribution in [-0.2, 0) is 0 Å². The summed E-state index contributed by atoms with van der Waals surface area (Å²) in [4.78, 5) is 4.04. The zero-order chi connectivity index (χ0) is 11.8. The fourth-order valence-corrected chi connectivity index (χ4v) is 1.20. The zero-order valence-electron chi connectivity index (χ0n) is 9.94. The molecule has 86 valence electrons. The summed E-state index contributed by atoms with van der Waals surface area (Å²) in [5.74, 6) is 0.192. The number of nitrogens with zero attached hydrogens (tertiary/aromatic N) is 1. The minimum atomic E-state index is -0.846. The van der Waals surface area contributed by atoms with Crippen LogP contribution in [0.2, 0.25) is 0 Å². The van der Waals surface area contributed by atoms with E-state index in [1.165, 1.54) is 0 Å². The summed E-state index contributed by atoms with van der Waals surface area (Å²) in [5.41, 5.74) is 1.40. The third-order valence-corrected chi connectivity index (χ3v) is 2.15. The Morgan fingerprint density at radius 2 is 2.07 bits per heavy atom. The smallest absolute Gasteiger partial charge is 0.146 e. The fourth-order valence-electron chi connectivity index (χ4n) is 1.20. The van der Waals surface area contributed by atoms with Crippen molar-refractivity contribution in [1.82, 2.24) is 0 Å². The largest absolute Gasteiger partial charge is 0.283 e. The van der Waals surface area contributed by atoms with Crippen molar-refractivity contribution in [2.75, 3.05) is 0 Å². The van der Waals surface area contributed by atoms with Crippen molar-refractivity contribution in [3.63, 3.8) is 0 Å². The molecule has 0 saturated carbocycles. The SMILES string of the molecule is C=C(CCC)C(=N)N=C(C)CC(F)CC. The lowest BCUT2D eigenvalue weighted by Gasteiger charge is -2.06. The molecule has 0 fully saturated rings. The average Bonchev–Trinajstić information content (AvgIpc) is 2.17. The molecule has 0 saturated heterocycles. The Bertz CT molecular complexity index is 256. The van der Waals surface area contributed by atoms with Crippen molar-refractivity contribution in [3.05, 3.63) is 12.2 Å². The molecular weight excluding hydrogens is 191 g/mol. The van der Waals surface area contributed by atoms with Gasteiger partial charge in [0.1, 0.15) is 12.0 Å². The Kier molecular flexibility index (Phi) is 6.84. The molecule has 2 nitrogen and oxygen atoms in total. The van der Waals surface area contributed by atoms with Gasteiger partial charge in [-0.1, -0.05) is 26.8 Å². The molecule has 0 aliphatic heterocycles. The summed E-state index contributed by atoms with van der Waals surface area (Å²) in [6.07, 6.45) is 1.70. The van der Waals surface area contributed by atoms with Crippen LogP contribution in [-0.4, -0.2) is 17.7 Å². The lowest BCUT2D eigenvalue weighted by molar-refractivity contribution is 0.334. The molecule has 0 heterocycles. The Morgan fingerprint density at radius 3 is 2.53 bits per heavy atom. The number of aliphatic imine (C=N–C) groups is 1. The monoisotopic (exact) mass is 212 g/mol. The number of alkyl halides is 1. The molecule has 0 aromatic rings. The van der Waals surface area contributed by atoms with Gasteiger partial charge in [0, 0.05) is 12.1 Å². The van der Waals surface area contributed by atoms with Gasteiger partial charge >= 0.3 is 0 Å². The third-order valence-electron chi connectivity index (χ3n) is 2.15. The van der Waals surface area contributed by atoms with Crippen molar-refractivity contribution in [3.8, 4) is 0 Å². The molecule has 1 N–H and O–H groups in total. The molecule has 15 heavy (non-hydrogen) atoms. The minimum absolute atomic E-state index is 0.192. The van der Waals surface area contributed by atoms with Crippen LogP contribution >= 0.6 is 0 Å². The summed E-state index contributed by atoms with van der Waals surface area (Å²) in [5, 5.41) is 7.62. The van der Waals surface area contributed by atoms with E-state index >= 15 is 0 Å². The molecule has 0 aromatic carbocycles. The average molecular weight is 212 g/mol. The summed E-state index contributed by atoms with van der Waals surface area (Å²) in [6, 6.07) is 0. The zero-order valence-corrected chi connectivity index (χ0v) is 9.94. The minimum Gasteiger partial charge on any atom is -0.283 e. The van der Waals surface area contributed by atoms with E-state index in [1.807, 2.05) is 6.92 Å². The molecule has 1 unspecified atom stereocenters. The van der Waals surface area contributed by atoms with Crippen LogP contribution in [0.1, 0.15) is 46.5 Å². The summed E-state index contributed by atoms with van der Waals surface area (Å²) < 4.78 is 13.0. The molecular formula is C12H21FN2. The maximum Gasteiger partial charge on any atom is 0.146 e. The molecule has 0 amide bonds. The molecule has 0 bridgehead atoms. The van der Waals surface area contributed by atoms with Crippen molar-refractivity contribution in [2.45, 2.75) is 52.6 Å². The Balaban J connectivity index is 4.22. The first-order valence-electron chi connectivity index (χ1n) is 5.46. The molecule has 0 radical (unpaired) electrons. The van der Waals surface area contributed by atoms with Gasteiger partial charge in [0.05, 0.1) is 0 Å². The van der Waals surface area contributed by atoms with E-state index in [0.29, 0.717) is 18.6 Å². The van der Waals surface area contributed by atoms with Crippen molar-refractivity contribution < 1.29 is 4.39 Å². The number of rotatable bonds is 6. The van der Waals surface area contributed by atoms with E-state index in [0.717, 1.165) is 18.4 Å². The van der Waals surface area contributed by atoms with Crippen LogP contribution in [0, 0.1) is 5.41 Å². The van der Waals surface area contributed by atoms with Gasteiger partial charge in [0.15, 0.2) is 0 Å². The molecule has 3 heteroatoms. The molecule has 0 spiro atoms. The lowest BCUT2D eigenvalue weighted by atomic mass is 10.1. The molecule has 1 atom stereocenters. The van der Waals surface area contributed by atoms with Gasteiger partial charge < -0.3 is 0 Å². The van der Waals surface area contributed by atoms with E-state index in [1.54, 1.807) is 13.8 Å². The summed E-state index contributed by atoms with van der Waals surface area (Å²) >= 11 is 0. The van der Waals surface area contributed by atoms with E-state index in [2.05, 4.69) is 11.6 Å². The lowest BCUT2D eigenvalue weighted by Crippen LogP contribution is -2.08. The van der Waals surface area contributed by atoms with Crippen molar-refractivity contribution in [2.24, 2.45) is 4.99 Å². The van der Waals surface area contributed by atoms with E-state index in [4.69, 9.17) is 5.41 Å². The van der Waals surface area contributed by atoms with Gasteiger partial charge in [-0.15, -0.1) is 0 Å². The van der Waals surface area contributed by atoms with Crippen LogP contribution in [0.3, 0.4) is 0 Å². The van der Waals surface area contributed by atoms with E-state index < -0.39 is 6.17 Å². The van der Waals surface area contributed by atoms with Gasteiger partial charge in [-0.05, 0) is 25.3 Å². The van der Waals surface area contributed by atoms with E-state index in [-0.39, 0.29) is 5.84 Å². The van der Waals surface area contributed by atoms with E-state index in [9.17, 15) is 4.39 Å². The highest BCUT2D eigenvalue weighted by molar-refractivity contribution is 6.04. The Hall–Kier alpha value is -0.990. The maximum absolute atomic E-state index is 13.0. The summed E-state index contributed by atoms with van der Waals surface area (Å²) in [6.45, 7) is 9.37. The van der Waals surface area contributed by atoms with Gasteiger partial charge in [-0.2, -0.15) is 0 Å². The van der Waals surface area contributed by atoms with Crippen molar-refractivity contribution >= 4 is 11.5 Å². The number of halogens is 1. The first kappa shape index (κ1) is 14.0. The standard InChI is InChI=1S/C12H21FN2/c1-5-7-9(3)12(14)15-10(4)8-11(13)6-2/h11,14H,3,5-8H2,1-2,4H3. The molecule has 0 aliphatic rings. The van der Waals surface area contributed by atoms with Crippen LogP contribution in [0.5, 0.6) is 0 Å². The maximum atomic E-state index is 13.0. The highest BCUT2D eigenvalue weighted by Crippen LogP contribution is 2.08. The quantitative estimate of drug-likeness (QED) is 0.512. The summed E-state index contributed by atoms with van der Waals surface area (Å²) in [7, 11) is 0. The molecule has 0 aromatic heterocycles. The highest BCUT2D eigenvalue weighted by Gasteiger charge is 2.06. The number of nitrogens with one attached hydrogen (secondary N) is 1. The number of amidine groups is 1. The first-order valence-corrected chi connectivity index (χ1v) is 5.46. The topological polar surface area (TPSA) is 36.2 Å².